The molecule has 19 heavy (non-hydrogen) atoms. The van der Waals surface area contributed by atoms with Crippen molar-refractivity contribution in [2.75, 3.05) is 36.4 Å². The van der Waals surface area contributed by atoms with Crippen LogP contribution >= 0.6 is 11.8 Å². The molecule has 0 spiro atoms. The highest BCUT2D eigenvalue weighted by molar-refractivity contribution is 8.00. The Kier molecular flexibility index (Phi) is 4.37. The molecule has 0 bridgehead atoms. The quantitative estimate of drug-likeness (QED) is 0.831. The van der Waals surface area contributed by atoms with Gasteiger partial charge in [0, 0.05) is 23.6 Å². The zero-order chi connectivity index (χ0) is 13.9. The average Bonchev–Trinajstić information content (AvgIpc) is 2.30. The lowest BCUT2D eigenvalue weighted by Gasteiger charge is -2.37. The molecule has 1 fully saturated rings. The van der Waals surface area contributed by atoms with Crippen molar-refractivity contribution < 1.29 is 4.79 Å². The van der Waals surface area contributed by atoms with Crippen molar-refractivity contribution >= 4 is 29.0 Å². The number of nitrogens with one attached hydrogen (secondary N) is 1. The molecule has 5 heteroatoms. The van der Waals surface area contributed by atoms with Gasteiger partial charge >= 0.3 is 0 Å². The second kappa shape index (κ2) is 5.84. The van der Waals surface area contributed by atoms with Crippen LogP contribution in [0.5, 0.6) is 0 Å². The zero-order valence-corrected chi connectivity index (χ0v) is 12.3. The van der Waals surface area contributed by atoms with Gasteiger partial charge < -0.3 is 11.1 Å². The van der Waals surface area contributed by atoms with Crippen LogP contribution in [0.2, 0.25) is 0 Å². The molecule has 0 aliphatic carbocycles. The maximum atomic E-state index is 12.0. The summed E-state index contributed by atoms with van der Waals surface area (Å²) in [6.45, 7) is 6.77. The summed E-state index contributed by atoms with van der Waals surface area (Å²) in [5.74, 6) is 1.08. The van der Waals surface area contributed by atoms with Gasteiger partial charge in [0.1, 0.15) is 0 Å². The molecule has 0 unspecified atom stereocenters. The predicted octanol–water partition coefficient (Wildman–Crippen LogP) is 2.03. The molecule has 3 N–H and O–H groups in total. The van der Waals surface area contributed by atoms with Crippen LogP contribution in [0, 0.1) is 0 Å². The Balaban J connectivity index is 1.90. The Morgan fingerprint density at radius 2 is 2.21 bits per heavy atom. The summed E-state index contributed by atoms with van der Waals surface area (Å²) in [6.07, 6.45) is 0. The summed E-state index contributed by atoms with van der Waals surface area (Å²) >= 11 is 1.96. The van der Waals surface area contributed by atoms with E-state index in [1.807, 2.05) is 30.0 Å². The highest BCUT2D eigenvalue weighted by Crippen LogP contribution is 2.29. The minimum atomic E-state index is 0.000556. The Labute approximate surface area is 118 Å². The molecule has 0 aromatic heterocycles. The zero-order valence-electron chi connectivity index (χ0n) is 11.5. The summed E-state index contributed by atoms with van der Waals surface area (Å²) < 4.78 is 0.226. The number of carbonyl (C=O) groups is 1. The van der Waals surface area contributed by atoms with Crippen LogP contribution in [-0.4, -0.2) is 40.9 Å². The number of amides is 1. The van der Waals surface area contributed by atoms with E-state index in [4.69, 9.17) is 5.73 Å². The molecule has 1 aromatic carbocycles. The van der Waals surface area contributed by atoms with Crippen LogP contribution in [0.4, 0.5) is 11.4 Å². The highest BCUT2D eigenvalue weighted by Gasteiger charge is 2.27. The van der Waals surface area contributed by atoms with Gasteiger partial charge in [-0.15, -0.1) is 0 Å². The summed E-state index contributed by atoms with van der Waals surface area (Å²) in [7, 11) is 0. The molecular weight excluding hydrogens is 258 g/mol. The van der Waals surface area contributed by atoms with Gasteiger partial charge in [-0.3, -0.25) is 9.69 Å². The lowest BCUT2D eigenvalue weighted by molar-refractivity contribution is -0.117. The molecule has 2 rings (SSSR count). The van der Waals surface area contributed by atoms with Crippen molar-refractivity contribution in [1.82, 2.24) is 4.90 Å². The molecule has 0 radical (unpaired) electrons. The van der Waals surface area contributed by atoms with Crippen molar-refractivity contribution in [1.29, 1.82) is 0 Å². The SMILES string of the molecule is CC1(C)CN(CC(=O)Nc2ccccc2N)CCS1. The van der Waals surface area contributed by atoms with E-state index in [2.05, 4.69) is 24.1 Å². The van der Waals surface area contributed by atoms with E-state index in [1.54, 1.807) is 6.07 Å². The number of nitrogens with two attached hydrogens (primary N) is 1. The monoisotopic (exact) mass is 279 g/mol. The number of nitrogens with zero attached hydrogens (tertiary/aromatic N) is 1. The maximum absolute atomic E-state index is 12.0. The van der Waals surface area contributed by atoms with E-state index < -0.39 is 0 Å². The smallest absolute Gasteiger partial charge is 0.238 e. The van der Waals surface area contributed by atoms with Gasteiger partial charge in [-0.2, -0.15) is 11.8 Å². The van der Waals surface area contributed by atoms with Crippen molar-refractivity contribution in [2.24, 2.45) is 0 Å². The Hall–Kier alpha value is -1.20. The van der Waals surface area contributed by atoms with E-state index in [1.165, 1.54) is 0 Å². The van der Waals surface area contributed by atoms with Crippen molar-refractivity contribution in [3.63, 3.8) is 0 Å². The normalized spacial score (nSPS) is 19.1. The first-order chi connectivity index (χ1) is 8.96. The lowest BCUT2D eigenvalue weighted by Crippen LogP contribution is -2.46. The van der Waals surface area contributed by atoms with Gasteiger partial charge in [-0.25, -0.2) is 0 Å². The maximum Gasteiger partial charge on any atom is 0.238 e. The molecule has 0 atom stereocenters. The topological polar surface area (TPSA) is 58.4 Å². The largest absolute Gasteiger partial charge is 0.397 e. The van der Waals surface area contributed by atoms with Crippen molar-refractivity contribution in [3.05, 3.63) is 24.3 Å². The van der Waals surface area contributed by atoms with Gasteiger partial charge in [0.2, 0.25) is 5.91 Å². The van der Waals surface area contributed by atoms with Crippen molar-refractivity contribution in [3.8, 4) is 0 Å². The highest BCUT2D eigenvalue weighted by atomic mass is 32.2. The summed E-state index contributed by atoms with van der Waals surface area (Å²) in [6, 6.07) is 7.33. The summed E-state index contributed by atoms with van der Waals surface area (Å²) in [5.41, 5.74) is 7.11. The first-order valence-electron chi connectivity index (χ1n) is 6.47. The molecule has 1 aliphatic heterocycles. The van der Waals surface area contributed by atoms with Crippen LogP contribution in [-0.2, 0) is 4.79 Å². The van der Waals surface area contributed by atoms with Gasteiger partial charge in [0.25, 0.3) is 0 Å². The van der Waals surface area contributed by atoms with Gasteiger partial charge in [0.15, 0.2) is 0 Å². The molecule has 1 aliphatic rings. The van der Waals surface area contributed by atoms with Crippen LogP contribution in [0.1, 0.15) is 13.8 Å². The third kappa shape index (κ3) is 4.14. The number of thioether (sulfide) groups is 1. The standard InChI is InChI=1S/C14H21N3OS/c1-14(2)10-17(7-8-19-14)9-13(18)16-12-6-4-3-5-11(12)15/h3-6H,7-10,15H2,1-2H3,(H,16,18). The summed E-state index contributed by atoms with van der Waals surface area (Å²) in [5, 5.41) is 2.87. The first kappa shape index (κ1) is 14.2. The first-order valence-corrected chi connectivity index (χ1v) is 7.45. The lowest BCUT2D eigenvalue weighted by atomic mass is 10.2. The fraction of sp³-hybridized carbons (Fsp3) is 0.500. The fourth-order valence-electron chi connectivity index (χ4n) is 2.25. The van der Waals surface area contributed by atoms with E-state index >= 15 is 0 Å². The summed E-state index contributed by atoms with van der Waals surface area (Å²) in [4.78, 5) is 14.2. The number of rotatable bonds is 3. The van der Waals surface area contributed by atoms with Crippen LogP contribution in [0.15, 0.2) is 24.3 Å². The molecule has 1 aromatic rings. The predicted molar refractivity (Wildman–Crippen MR) is 82.5 cm³/mol. The number of hydrogen-bond donors (Lipinski definition) is 2. The van der Waals surface area contributed by atoms with Gasteiger partial charge in [0.05, 0.1) is 17.9 Å². The second-order valence-corrected chi connectivity index (χ2v) is 7.26. The molecule has 1 amide bonds. The average molecular weight is 279 g/mol. The Bertz CT molecular complexity index is 462. The second-order valence-electron chi connectivity index (χ2n) is 5.45. The number of carbonyl (C=O) groups excluding carboxylic acids is 1. The minimum Gasteiger partial charge on any atom is -0.397 e. The van der Waals surface area contributed by atoms with Gasteiger partial charge in [-0.05, 0) is 26.0 Å². The fourth-order valence-corrected chi connectivity index (χ4v) is 3.43. The molecule has 0 saturated carbocycles. The molecule has 1 saturated heterocycles. The van der Waals surface area contributed by atoms with Crippen LogP contribution in [0.25, 0.3) is 0 Å². The minimum absolute atomic E-state index is 0.000556. The third-order valence-electron chi connectivity index (χ3n) is 3.11. The van der Waals surface area contributed by atoms with Crippen LogP contribution < -0.4 is 11.1 Å². The molecule has 104 valence electrons. The number of nitrogen functional groups attached to an aromatic ring is 1. The molecule has 4 nitrogen and oxygen atoms in total. The number of para-hydroxylation sites is 2. The van der Waals surface area contributed by atoms with E-state index in [0.717, 1.165) is 18.8 Å². The van der Waals surface area contributed by atoms with Crippen LogP contribution in [0.3, 0.4) is 0 Å². The number of hydrogen-bond acceptors (Lipinski definition) is 4. The number of anilines is 2. The Morgan fingerprint density at radius 1 is 1.47 bits per heavy atom. The van der Waals surface area contributed by atoms with E-state index in [9.17, 15) is 4.79 Å². The molecular formula is C14H21N3OS. The van der Waals surface area contributed by atoms with E-state index in [0.29, 0.717) is 17.9 Å². The Morgan fingerprint density at radius 3 is 2.89 bits per heavy atom. The van der Waals surface area contributed by atoms with E-state index in [-0.39, 0.29) is 10.7 Å². The van der Waals surface area contributed by atoms with Gasteiger partial charge in [-0.1, -0.05) is 12.1 Å². The van der Waals surface area contributed by atoms with Crippen molar-refractivity contribution in [2.45, 2.75) is 18.6 Å². The molecule has 1 heterocycles. The third-order valence-corrected chi connectivity index (χ3v) is 4.40. The number of benzene rings is 1.